The first kappa shape index (κ1) is 11.0. The molecule has 0 radical (unpaired) electrons. The van der Waals surface area contributed by atoms with Gasteiger partial charge in [-0.2, -0.15) is 0 Å². The number of anilines is 1. The molecular weight excluding hydrogens is 246 g/mol. The van der Waals surface area contributed by atoms with Crippen molar-refractivity contribution < 1.29 is 19.4 Å². The molecule has 4 rings (SSSR count). The highest BCUT2D eigenvalue weighted by Gasteiger charge is 2.62. The zero-order chi connectivity index (χ0) is 13.1. The fraction of sp³-hybridized carbons (Fsp3) is 0.429. The second kappa shape index (κ2) is 3.57. The van der Waals surface area contributed by atoms with Gasteiger partial charge in [0, 0.05) is 6.07 Å². The predicted molar refractivity (Wildman–Crippen MR) is 65.5 cm³/mol. The molecule has 3 aliphatic rings. The lowest BCUT2D eigenvalue weighted by atomic mass is 9.81. The minimum absolute atomic E-state index is 0.0504. The number of ether oxygens (including phenoxy) is 1. The fourth-order valence-electron chi connectivity index (χ4n) is 3.60. The van der Waals surface area contributed by atoms with Crippen LogP contribution in [0.5, 0.6) is 5.75 Å². The molecule has 2 bridgehead atoms. The minimum atomic E-state index is -0.325. The highest BCUT2D eigenvalue weighted by molar-refractivity contribution is 6.22. The first-order valence-corrected chi connectivity index (χ1v) is 6.49. The average Bonchev–Trinajstić information content (AvgIpc) is 3.04. The molecule has 0 aliphatic carbocycles. The largest absolute Gasteiger partial charge is 0.508 e. The maximum Gasteiger partial charge on any atom is 0.240 e. The first-order chi connectivity index (χ1) is 9.16. The smallest absolute Gasteiger partial charge is 0.240 e. The van der Waals surface area contributed by atoms with Gasteiger partial charge in [0.1, 0.15) is 5.75 Å². The summed E-state index contributed by atoms with van der Waals surface area (Å²) in [6.45, 7) is 0. The molecule has 98 valence electrons. The number of rotatable bonds is 1. The number of amides is 2. The van der Waals surface area contributed by atoms with Crippen LogP contribution >= 0.6 is 0 Å². The minimum Gasteiger partial charge on any atom is -0.508 e. The number of benzene rings is 1. The summed E-state index contributed by atoms with van der Waals surface area (Å²) >= 11 is 0. The van der Waals surface area contributed by atoms with Gasteiger partial charge in [0.25, 0.3) is 0 Å². The molecule has 0 unspecified atom stereocenters. The van der Waals surface area contributed by atoms with Crippen molar-refractivity contribution in [2.75, 3.05) is 4.90 Å². The van der Waals surface area contributed by atoms with Crippen LogP contribution in [0.1, 0.15) is 12.8 Å². The molecule has 0 spiro atoms. The Morgan fingerprint density at radius 1 is 1.11 bits per heavy atom. The van der Waals surface area contributed by atoms with Gasteiger partial charge in [-0.1, -0.05) is 6.07 Å². The molecule has 1 aromatic carbocycles. The van der Waals surface area contributed by atoms with Crippen molar-refractivity contribution in [2.24, 2.45) is 11.8 Å². The topological polar surface area (TPSA) is 66.8 Å². The van der Waals surface area contributed by atoms with Crippen LogP contribution in [0, 0.1) is 11.8 Å². The highest BCUT2D eigenvalue weighted by Crippen LogP contribution is 2.49. The molecule has 3 aliphatic heterocycles. The third-order valence-corrected chi connectivity index (χ3v) is 4.37. The summed E-state index contributed by atoms with van der Waals surface area (Å²) in [6, 6.07) is 6.26. The second-order valence-electron chi connectivity index (χ2n) is 5.37. The van der Waals surface area contributed by atoms with Gasteiger partial charge in [-0.3, -0.25) is 9.59 Å². The maximum atomic E-state index is 12.4. The van der Waals surface area contributed by atoms with Crippen molar-refractivity contribution >= 4 is 17.5 Å². The Bertz CT molecular complexity index is 557. The van der Waals surface area contributed by atoms with Crippen molar-refractivity contribution in [3.63, 3.8) is 0 Å². The summed E-state index contributed by atoms with van der Waals surface area (Å²) in [5.41, 5.74) is 0.448. The summed E-state index contributed by atoms with van der Waals surface area (Å²) in [7, 11) is 0. The van der Waals surface area contributed by atoms with Crippen molar-refractivity contribution in [3.8, 4) is 5.75 Å². The van der Waals surface area contributed by atoms with Crippen LogP contribution in [0.15, 0.2) is 24.3 Å². The van der Waals surface area contributed by atoms with Crippen LogP contribution in [-0.4, -0.2) is 29.1 Å². The molecule has 3 saturated heterocycles. The number of carbonyl (C=O) groups excluding carboxylic acids is 2. The summed E-state index contributed by atoms with van der Waals surface area (Å²) in [6.07, 6.45) is 1.51. The van der Waals surface area contributed by atoms with Crippen molar-refractivity contribution in [3.05, 3.63) is 24.3 Å². The van der Waals surface area contributed by atoms with Crippen molar-refractivity contribution in [1.82, 2.24) is 0 Å². The Balaban J connectivity index is 1.75. The Morgan fingerprint density at radius 2 is 1.74 bits per heavy atom. The van der Waals surface area contributed by atoms with E-state index in [1.54, 1.807) is 12.1 Å². The standard InChI is InChI=1S/C14H13NO4/c16-8-3-1-2-7(6-8)15-13(17)11-9-4-5-10(19-9)12(11)14(15)18/h1-3,6,9-12,16H,4-5H2/t9-,10+,11-,12+. The third kappa shape index (κ3) is 1.33. The molecule has 0 aromatic heterocycles. The van der Waals surface area contributed by atoms with Crippen molar-refractivity contribution in [1.29, 1.82) is 0 Å². The molecular formula is C14H13NO4. The highest BCUT2D eigenvalue weighted by atomic mass is 16.5. The van der Waals surface area contributed by atoms with Crippen LogP contribution in [-0.2, 0) is 14.3 Å². The van der Waals surface area contributed by atoms with E-state index < -0.39 is 0 Å². The van der Waals surface area contributed by atoms with Crippen LogP contribution < -0.4 is 4.90 Å². The lowest BCUT2D eigenvalue weighted by molar-refractivity contribution is -0.124. The number of phenolic OH excluding ortho intramolecular Hbond substituents is 1. The summed E-state index contributed by atoms with van der Waals surface area (Å²) in [5, 5.41) is 9.49. The molecule has 5 heteroatoms. The second-order valence-corrected chi connectivity index (χ2v) is 5.37. The van der Waals surface area contributed by atoms with E-state index in [1.165, 1.54) is 17.0 Å². The predicted octanol–water partition coefficient (Wildman–Crippen LogP) is 1.06. The van der Waals surface area contributed by atoms with Crippen LogP contribution in [0.25, 0.3) is 0 Å². The molecule has 1 N–H and O–H groups in total. The monoisotopic (exact) mass is 259 g/mol. The third-order valence-electron chi connectivity index (χ3n) is 4.37. The Hall–Kier alpha value is -1.88. The van der Waals surface area contributed by atoms with Gasteiger partial charge >= 0.3 is 0 Å². The molecule has 1 aromatic rings. The van der Waals surface area contributed by atoms with E-state index >= 15 is 0 Å². The van der Waals surface area contributed by atoms with E-state index in [-0.39, 0.29) is 41.6 Å². The molecule has 0 saturated carbocycles. The average molecular weight is 259 g/mol. The van der Waals surface area contributed by atoms with Gasteiger partial charge in [0.05, 0.1) is 29.7 Å². The number of hydrogen-bond acceptors (Lipinski definition) is 4. The van der Waals surface area contributed by atoms with Gasteiger partial charge in [-0.25, -0.2) is 4.90 Å². The lowest BCUT2D eigenvalue weighted by Gasteiger charge is -2.17. The summed E-state index contributed by atoms with van der Waals surface area (Å²) in [4.78, 5) is 26.1. The Kier molecular flexibility index (Phi) is 2.07. The number of imide groups is 1. The molecule has 4 atom stereocenters. The first-order valence-electron chi connectivity index (χ1n) is 6.49. The Labute approximate surface area is 109 Å². The van der Waals surface area contributed by atoms with Gasteiger partial charge in [-0.15, -0.1) is 0 Å². The normalized spacial score (nSPS) is 36.1. The Morgan fingerprint density at radius 3 is 2.32 bits per heavy atom. The number of fused-ring (bicyclic) bond motifs is 5. The molecule has 3 heterocycles. The van der Waals surface area contributed by atoms with E-state index in [0.717, 1.165) is 12.8 Å². The SMILES string of the molecule is O=C1[C@@H]2[C@H](C(=O)N1c1cccc(O)c1)[C@H]1CC[C@@H]2O1. The van der Waals surface area contributed by atoms with E-state index in [4.69, 9.17) is 4.74 Å². The van der Waals surface area contributed by atoms with Gasteiger partial charge in [-0.05, 0) is 25.0 Å². The summed E-state index contributed by atoms with van der Waals surface area (Å²) in [5.74, 6) is -0.975. The van der Waals surface area contributed by atoms with Gasteiger partial charge < -0.3 is 9.84 Å². The molecule has 19 heavy (non-hydrogen) atoms. The van der Waals surface area contributed by atoms with E-state index in [0.29, 0.717) is 5.69 Å². The molecule has 5 nitrogen and oxygen atoms in total. The fourth-order valence-corrected chi connectivity index (χ4v) is 3.60. The number of carbonyl (C=O) groups is 2. The number of nitrogens with zero attached hydrogens (tertiary/aromatic N) is 1. The van der Waals surface area contributed by atoms with Gasteiger partial charge in [0.2, 0.25) is 11.8 Å². The van der Waals surface area contributed by atoms with Crippen LogP contribution in [0.4, 0.5) is 5.69 Å². The van der Waals surface area contributed by atoms with E-state index in [2.05, 4.69) is 0 Å². The van der Waals surface area contributed by atoms with Crippen LogP contribution in [0.3, 0.4) is 0 Å². The number of hydrogen-bond donors (Lipinski definition) is 1. The van der Waals surface area contributed by atoms with Gasteiger partial charge in [0.15, 0.2) is 0 Å². The lowest BCUT2D eigenvalue weighted by Crippen LogP contribution is -2.34. The number of aromatic hydroxyl groups is 1. The van der Waals surface area contributed by atoms with Crippen LogP contribution in [0.2, 0.25) is 0 Å². The molecule has 3 fully saturated rings. The van der Waals surface area contributed by atoms with E-state index in [9.17, 15) is 14.7 Å². The maximum absolute atomic E-state index is 12.4. The quantitative estimate of drug-likeness (QED) is 0.766. The zero-order valence-corrected chi connectivity index (χ0v) is 10.2. The van der Waals surface area contributed by atoms with Crippen molar-refractivity contribution in [2.45, 2.75) is 25.0 Å². The zero-order valence-electron chi connectivity index (χ0n) is 10.2. The van der Waals surface area contributed by atoms with E-state index in [1.807, 2.05) is 0 Å². The number of phenols is 1. The molecule has 2 amide bonds. The summed E-state index contributed by atoms with van der Waals surface area (Å²) < 4.78 is 5.67.